The Morgan fingerprint density at radius 3 is 2.50 bits per heavy atom. The average Bonchev–Trinajstić information content (AvgIpc) is 3.23. The van der Waals surface area contributed by atoms with Crippen molar-refractivity contribution in [3.8, 4) is 11.3 Å². The van der Waals surface area contributed by atoms with Crippen LogP contribution in [0.5, 0.6) is 0 Å². The topological polar surface area (TPSA) is 58.4 Å². The van der Waals surface area contributed by atoms with E-state index in [1.54, 1.807) is 0 Å². The smallest absolute Gasteiger partial charge is 0.196 e. The standard InChI is InChI=1S/C27H31N3O2/c1-16-12-17(2)15-30(14-16)22-13-21(28-18-8-4-3-5-9-18)23-24-25(22)29-32-27(24)20-11-7-6-10-19(20)26(23)31/h6-7,10-11,13,16-18,28H,3-5,8-9,12,14-15H2,1-2H3/t16-,17-/m0/s1. The van der Waals surface area contributed by atoms with Crippen molar-refractivity contribution in [1.82, 2.24) is 5.16 Å². The third-order valence-electron chi connectivity index (χ3n) is 7.55. The molecule has 2 atom stereocenters. The van der Waals surface area contributed by atoms with Crippen molar-refractivity contribution >= 4 is 28.1 Å². The minimum Gasteiger partial charge on any atom is -0.382 e. The first-order valence-corrected chi connectivity index (χ1v) is 12.2. The number of fused-ring (bicyclic) bond motifs is 2. The van der Waals surface area contributed by atoms with E-state index in [4.69, 9.17) is 4.52 Å². The summed E-state index contributed by atoms with van der Waals surface area (Å²) in [4.78, 5) is 16.2. The van der Waals surface area contributed by atoms with Gasteiger partial charge in [0.05, 0.1) is 16.6 Å². The number of nitrogens with zero attached hydrogens (tertiary/aromatic N) is 2. The van der Waals surface area contributed by atoms with Gasteiger partial charge >= 0.3 is 0 Å². The first kappa shape index (κ1) is 19.8. The number of ketones is 1. The van der Waals surface area contributed by atoms with Crippen LogP contribution in [0.25, 0.3) is 22.2 Å². The molecule has 2 aliphatic carbocycles. The molecule has 3 aliphatic rings. The Kier molecular flexibility index (Phi) is 4.74. The molecule has 2 heterocycles. The van der Waals surface area contributed by atoms with Crippen LogP contribution in [0, 0.1) is 11.8 Å². The zero-order valence-electron chi connectivity index (χ0n) is 19.0. The molecular weight excluding hydrogens is 398 g/mol. The van der Waals surface area contributed by atoms with E-state index in [0.717, 1.165) is 65.1 Å². The molecule has 166 valence electrons. The highest BCUT2D eigenvalue weighted by molar-refractivity contribution is 6.28. The highest BCUT2D eigenvalue weighted by atomic mass is 16.5. The van der Waals surface area contributed by atoms with Crippen molar-refractivity contribution in [1.29, 1.82) is 0 Å². The van der Waals surface area contributed by atoms with Crippen molar-refractivity contribution < 1.29 is 9.32 Å². The third kappa shape index (κ3) is 3.13. The highest BCUT2D eigenvalue weighted by Gasteiger charge is 2.35. The van der Waals surface area contributed by atoms with Crippen LogP contribution in [0.1, 0.15) is 68.3 Å². The lowest BCUT2D eigenvalue weighted by Gasteiger charge is -2.37. The van der Waals surface area contributed by atoms with Gasteiger partial charge in [0.2, 0.25) is 0 Å². The Morgan fingerprint density at radius 2 is 1.75 bits per heavy atom. The van der Waals surface area contributed by atoms with Crippen LogP contribution in [0.3, 0.4) is 0 Å². The predicted molar refractivity (Wildman–Crippen MR) is 129 cm³/mol. The summed E-state index contributed by atoms with van der Waals surface area (Å²) in [6.07, 6.45) is 7.37. The molecule has 0 radical (unpaired) electrons. The van der Waals surface area contributed by atoms with Crippen LogP contribution in [-0.4, -0.2) is 30.1 Å². The molecule has 1 N–H and O–H groups in total. The molecule has 32 heavy (non-hydrogen) atoms. The van der Waals surface area contributed by atoms with Crippen molar-refractivity contribution in [2.24, 2.45) is 11.8 Å². The summed E-state index contributed by atoms with van der Waals surface area (Å²) >= 11 is 0. The number of hydrogen-bond donors (Lipinski definition) is 1. The molecule has 0 bridgehead atoms. The van der Waals surface area contributed by atoms with E-state index >= 15 is 0 Å². The first-order chi connectivity index (χ1) is 15.6. The number of piperidine rings is 1. The molecule has 3 aromatic rings. The maximum absolute atomic E-state index is 13.7. The molecule has 1 saturated heterocycles. The zero-order chi connectivity index (χ0) is 21.8. The molecule has 1 aliphatic heterocycles. The number of anilines is 2. The van der Waals surface area contributed by atoms with E-state index in [1.807, 2.05) is 24.3 Å². The third-order valence-corrected chi connectivity index (χ3v) is 7.55. The molecule has 1 aromatic heterocycles. The second-order valence-corrected chi connectivity index (χ2v) is 10.3. The van der Waals surface area contributed by atoms with E-state index in [-0.39, 0.29) is 5.78 Å². The Hall–Kier alpha value is -2.82. The summed E-state index contributed by atoms with van der Waals surface area (Å²) in [5.74, 6) is 2.07. The first-order valence-electron chi connectivity index (χ1n) is 12.2. The minimum atomic E-state index is 0.0755. The maximum atomic E-state index is 13.7. The van der Waals surface area contributed by atoms with Gasteiger partial charge in [0.1, 0.15) is 5.52 Å². The summed E-state index contributed by atoms with van der Waals surface area (Å²) in [6, 6.07) is 10.4. The fraction of sp³-hybridized carbons (Fsp3) is 0.481. The van der Waals surface area contributed by atoms with Gasteiger partial charge in [-0.25, -0.2) is 0 Å². The van der Waals surface area contributed by atoms with E-state index in [2.05, 4.69) is 35.3 Å². The van der Waals surface area contributed by atoms with Crippen molar-refractivity contribution in [2.45, 2.75) is 58.4 Å². The Morgan fingerprint density at radius 1 is 1.03 bits per heavy atom. The van der Waals surface area contributed by atoms with Gasteiger partial charge in [-0.15, -0.1) is 0 Å². The molecule has 2 fully saturated rings. The van der Waals surface area contributed by atoms with Gasteiger partial charge in [-0.2, -0.15) is 0 Å². The van der Waals surface area contributed by atoms with Crippen LogP contribution in [0.4, 0.5) is 11.4 Å². The number of carbonyl (C=O) groups is 1. The fourth-order valence-corrected chi connectivity index (χ4v) is 6.22. The van der Waals surface area contributed by atoms with Crippen LogP contribution in [-0.2, 0) is 0 Å². The van der Waals surface area contributed by atoms with E-state index in [9.17, 15) is 4.79 Å². The van der Waals surface area contributed by atoms with E-state index in [0.29, 0.717) is 23.4 Å². The summed E-state index contributed by atoms with van der Waals surface area (Å²) < 4.78 is 5.94. The lowest BCUT2D eigenvalue weighted by molar-refractivity contribution is 0.104. The molecule has 5 heteroatoms. The number of benzene rings is 2. The second-order valence-electron chi connectivity index (χ2n) is 10.3. The molecule has 1 saturated carbocycles. The summed E-state index contributed by atoms with van der Waals surface area (Å²) in [6.45, 7) is 6.67. The lowest BCUT2D eigenvalue weighted by Crippen LogP contribution is -2.39. The van der Waals surface area contributed by atoms with Gasteiger partial charge in [-0.3, -0.25) is 4.79 Å². The lowest BCUT2D eigenvalue weighted by atomic mass is 9.85. The predicted octanol–water partition coefficient (Wildman–Crippen LogP) is 6.27. The fourth-order valence-electron chi connectivity index (χ4n) is 6.22. The monoisotopic (exact) mass is 429 g/mol. The molecule has 0 amide bonds. The average molecular weight is 430 g/mol. The summed E-state index contributed by atoms with van der Waals surface area (Å²) in [5.41, 5.74) is 5.18. The maximum Gasteiger partial charge on any atom is 0.196 e. The van der Waals surface area contributed by atoms with Gasteiger partial charge in [-0.1, -0.05) is 62.5 Å². The number of carbonyl (C=O) groups excluding carboxylic acids is 1. The van der Waals surface area contributed by atoms with Crippen molar-refractivity contribution in [3.05, 3.63) is 41.5 Å². The second kappa shape index (κ2) is 7.65. The Balaban J connectivity index is 1.56. The normalized spacial score (nSPS) is 23.4. The van der Waals surface area contributed by atoms with Crippen LogP contribution >= 0.6 is 0 Å². The number of nitrogens with one attached hydrogen (secondary N) is 1. The number of aromatic nitrogens is 1. The van der Waals surface area contributed by atoms with Gasteiger partial charge < -0.3 is 14.7 Å². The molecule has 0 unspecified atom stereocenters. The summed E-state index contributed by atoms with van der Waals surface area (Å²) in [7, 11) is 0. The Labute approximate surface area is 189 Å². The highest BCUT2D eigenvalue weighted by Crippen LogP contribution is 2.46. The quantitative estimate of drug-likeness (QED) is 0.416. The van der Waals surface area contributed by atoms with E-state index in [1.165, 1.54) is 25.7 Å². The van der Waals surface area contributed by atoms with Gasteiger partial charge in [0.25, 0.3) is 0 Å². The number of rotatable bonds is 3. The largest absolute Gasteiger partial charge is 0.382 e. The SMILES string of the molecule is C[C@H]1C[C@H](C)CN(c2cc(NC3CCCCC3)c3c4c(onc24)-c2ccccc2C3=O)C1. The van der Waals surface area contributed by atoms with Gasteiger partial charge in [0.15, 0.2) is 11.5 Å². The molecule has 6 rings (SSSR count). The van der Waals surface area contributed by atoms with Crippen LogP contribution in [0.15, 0.2) is 34.9 Å². The molecular formula is C27H31N3O2. The molecule has 0 spiro atoms. The van der Waals surface area contributed by atoms with Gasteiger partial charge in [-0.05, 0) is 37.2 Å². The number of hydrogen-bond acceptors (Lipinski definition) is 5. The molecule has 2 aromatic carbocycles. The van der Waals surface area contributed by atoms with E-state index < -0.39 is 0 Å². The van der Waals surface area contributed by atoms with Crippen molar-refractivity contribution in [2.75, 3.05) is 23.3 Å². The van der Waals surface area contributed by atoms with Gasteiger partial charge in [0, 0.05) is 35.9 Å². The minimum absolute atomic E-state index is 0.0755. The zero-order valence-corrected chi connectivity index (χ0v) is 19.0. The van der Waals surface area contributed by atoms with Crippen LogP contribution in [0.2, 0.25) is 0 Å². The summed E-state index contributed by atoms with van der Waals surface area (Å²) in [5, 5.41) is 9.21. The Bertz CT molecular complexity index is 1180. The van der Waals surface area contributed by atoms with Crippen molar-refractivity contribution in [3.63, 3.8) is 0 Å². The molecule has 5 nitrogen and oxygen atoms in total. The van der Waals surface area contributed by atoms with Crippen LogP contribution < -0.4 is 10.2 Å².